The van der Waals surface area contributed by atoms with Crippen LogP contribution in [0.1, 0.15) is 0 Å². The first-order chi connectivity index (χ1) is 8.33. The molecule has 0 bridgehead atoms. The van der Waals surface area contributed by atoms with Gasteiger partial charge in [0.2, 0.25) is 5.28 Å². The zero-order chi connectivity index (χ0) is 11.7. The summed E-state index contributed by atoms with van der Waals surface area (Å²) in [4.78, 5) is 16.0. The Hall–Kier alpha value is -2.28. The van der Waals surface area contributed by atoms with Crippen molar-refractivity contribution in [2.75, 3.05) is 0 Å². The number of halogens is 1. The smallest absolute Gasteiger partial charge is 0.256 e. The molecule has 0 aliphatic carbocycles. The number of aromatic nitrogens is 6. The van der Waals surface area contributed by atoms with E-state index >= 15 is 0 Å². The van der Waals surface area contributed by atoms with Gasteiger partial charge in [0.1, 0.15) is 18.9 Å². The van der Waals surface area contributed by atoms with Crippen molar-refractivity contribution in [2.24, 2.45) is 0 Å². The zero-order valence-electron chi connectivity index (χ0n) is 8.36. The van der Waals surface area contributed by atoms with Gasteiger partial charge in [0, 0.05) is 0 Å². The van der Waals surface area contributed by atoms with Crippen molar-refractivity contribution in [3.8, 4) is 17.3 Å². The average Bonchev–Trinajstić information content (AvgIpc) is 3.02. The minimum Gasteiger partial charge on any atom is -0.472 e. The molecule has 0 amide bonds. The molecule has 8 heteroatoms. The SMILES string of the molecule is Clc1nc(-c2ccoc2)nc(-n2cncn2)n1. The normalized spacial score (nSPS) is 10.6. The van der Waals surface area contributed by atoms with E-state index < -0.39 is 0 Å². The highest BCUT2D eigenvalue weighted by Gasteiger charge is 2.09. The highest BCUT2D eigenvalue weighted by Crippen LogP contribution is 2.17. The van der Waals surface area contributed by atoms with Crippen LogP contribution in [0.4, 0.5) is 0 Å². The third kappa shape index (κ3) is 1.87. The summed E-state index contributed by atoms with van der Waals surface area (Å²) in [5.74, 6) is 0.725. The molecule has 7 nitrogen and oxygen atoms in total. The Kier molecular flexibility index (Phi) is 2.30. The molecule has 0 aliphatic rings. The summed E-state index contributed by atoms with van der Waals surface area (Å²) in [5.41, 5.74) is 0.718. The second-order valence-corrected chi connectivity index (χ2v) is 3.42. The van der Waals surface area contributed by atoms with Crippen molar-refractivity contribution in [1.29, 1.82) is 0 Å². The number of nitrogens with zero attached hydrogens (tertiary/aromatic N) is 6. The van der Waals surface area contributed by atoms with Gasteiger partial charge in [-0.15, -0.1) is 0 Å². The molecule has 0 N–H and O–H groups in total. The molecule has 0 aromatic carbocycles. The van der Waals surface area contributed by atoms with Gasteiger partial charge in [-0.2, -0.15) is 24.7 Å². The van der Waals surface area contributed by atoms with Crippen molar-refractivity contribution >= 4 is 11.6 Å². The Labute approximate surface area is 100 Å². The maximum absolute atomic E-state index is 5.83. The number of hydrogen-bond donors (Lipinski definition) is 0. The Morgan fingerprint density at radius 3 is 2.88 bits per heavy atom. The molecule has 17 heavy (non-hydrogen) atoms. The van der Waals surface area contributed by atoms with E-state index in [1.165, 1.54) is 29.9 Å². The van der Waals surface area contributed by atoms with Crippen molar-refractivity contribution < 1.29 is 4.42 Å². The third-order valence-corrected chi connectivity index (χ3v) is 2.17. The highest BCUT2D eigenvalue weighted by atomic mass is 35.5. The van der Waals surface area contributed by atoms with Gasteiger partial charge in [-0.05, 0) is 17.7 Å². The Morgan fingerprint density at radius 2 is 2.18 bits per heavy atom. The van der Waals surface area contributed by atoms with E-state index in [4.69, 9.17) is 16.0 Å². The fraction of sp³-hybridized carbons (Fsp3) is 0. The lowest BCUT2D eigenvalue weighted by molar-refractivity contribution is 0.568. The van der Waals surface area contributed by atoms with Gasteiger partial charge in [-0.25, -0.2) is 4.98 Å². The standard InChI is InChI=1S/C9H5ClN6O/c10-8-13-7(6-1-2-17-3-6)14-9(15-8)16-5-11-4-12-16/h1-5H. The topological polar surface area (TPSA) is 82.5 Å². The summed E-state index contributed by atoms with van der Waals surface area (Å²) in [6, 6.07) is 1.73. The van der Waals surface area contributed by atoms with Crippen LogP contribution in [-0.2, 0) is 0 Å². The molecule has 0 radical (unpaired) electrons. The van der Waals surface area contributed by atoms with Gasteiger partial charge in [-0.1, -0.05) is 0 Å². The zero-order valence-corrected chi connectivity index (χ0v) is 9.11. The van der Waals surface area contributed by atoms with Gasteiger partial charge in [0.25, 0.3) is 5.95 Å². The quantitative estimate of drug-likeness (QED) is 0.681. The predicted molar refractivity (Wildman–Crippen MR) is 57.5 cm³/mol. The lowest BCUT2D eigenvalue weighted by Crippen LogP contribution is -2.04. The fourth-order valence-corrected chi connectivity index (χ4v) is 1.43. The molecule has 0 fully saturated rings. The molecule has 3 rings (SSSR count). The van der Waals surface area contributed by atoms with Crippen LogP contribution in [0.5, 0.6) is 0 Å². The van der Waals surface area contributed by atoms with Gasteiger partial charge in [0.05, 0.1) is 11.8 Å². The molecular weight excluding hydrogens is 244 g/mol. The van der Waals surface area contributed by atoms with Gasteiger partial charge in [-0.3, -0.25) is 0 Å². The van der Waals surface area contributed by atoms with E-state index in [0.29, 0.717) is 11.8 Å². The van der Waals surface area contributed by atoms with E-state index in [1.807, 2.05) is 0 Å². The van der Waals surface area contributed by atoms with Crippen LogP contribution in [-0.4, -0.2) is 29.7 Å². The summed E-state index contributed by atoms with van der Waals surface area (Å²) >= 11 is 5.83. The van der Waals surface area contributed by atoms with Crippen molar-refractivity contribution in [3.05, 3.63) is 36.5 Å². The van der Waals surface area contributed by atoms with E-state index in [-0.39, 0.29) is 5.28 Å². The molecule has 84 valence electrons. The van der Waals surface area contributed by atoms with Crippen LogP contribution < -0.4 is 0 Å². The van der Waals surface area contributed by atoms with Crippen LogP contribution in [0, 0.1) is 0 Å². The molecule has 0 spiro atoms. The van der Waals surface area contributed by atoms with Crippen LogP contribution in [0.2, 0.25) is 5.28 Å². The number of furan rings is 1. The molecule has 0 saturated heterocycles. The molecule has 3 heterocycles. The van der Waals surface area contributed by atoms with Crippen LogP contribution in [0.3, 0.4) is 0 Å². The summed E-state index contributed by atoms with van der Waals surface area (Å²) in [6.45, 7) is 0. The van der Waals surface area contributed by atoms with Crippen LogP contribution in [0.25, 0.3) is 17.3 Å². The average molecular weight is 249 g/mol. The monoisotopic (exact) mass is 248 g/mol. The summed E-state index contributed by atoms with van der Waals surface area (Å²) in [5, 5.41) is 4.01. The molecule has 3 aromatic heterocycles. The first-order valence-corrected chi connectivity index (χ1v) is 5.00. The highest BCUT2D eigenvalue weighted by molar-refractivity contribution is 6.28. The Bertz CT molecular complexity index is 568. The van der Waals surface area contributed by atoms with Gasteiger partial charge in [0.15, 0.2) is 5.82 Å². The predicted octanol–water partition coefficient (Wildman–Crippen LogP) is 1.37. The molecular formula is C9H5ClN6O. The minimum absolute atomic E-state index is 0.0849. The molecule has 0 atom stereocenters. The maximum Gasteiger partial charge on any atom is 0.256 e. The molecule has 0 saturated carbocycles. The summed E-state index contributed by atoms with van der Waals surface area (Å²) in [7, 11) is 0. The van der Waals surface area contributed by atoms with Gasteiger partial charge < -0.3 is 4.42 Å². The largest absolute Gasteiger partial charge is 0.472 e. The lowest BCUT2D eigenvalue weighted by Gasteiger charge is -2.01. The first-order valence-electron chi connectivity index (χ1n) is 4.62. The van der Waals surface area contributed by atoms with Crippen molar-refractivity contribution in [1.82, 2.24) is 29.7 Å². The van der Waals surface area contributed by atoms with Crippen LogP contribution >= 0.6 is 11.6 Å². The van der Waals surface area contributed by atoms with Crippen LogP contribution in [0.15, 0.2) is 35.7 Å². The minimum atomic E-state index is 0.0849. The van der Waals surface area contributed by atoms with Crippen molar-refractivity contribution in [3.63, 3.8) is 0 Å². The number of rotatable bonds is 2. The summed E-state index contributed by atoms with van der Waals surface area (Å²) in [6.07, 6.45) is 5.92. The fourth-order valence-electron chi connectivity index (χ4n) is 1.27. The van der Waals surface area contributed by atoms with E-state index in [2.05, 4.69) is 25.0 Å². The first kappa shape index (κ1) is 9.91. The van der Waals surface area contributed by atoms with E-state index in [0.717, 1.165) is 5.56 Å². The Balaban J connectivity index is 2.13. The molecule has 0 unspecified atom stereocenters. The molecule has 0 aliphatic heterocycles. The second kappa shape index (κ2) is 3.95. The van der Waals surface area contributed by atoms with E-state index in [9.17, 15) is 0 Å². The third-order valence-electron chi connectivity index (χ3n) is 2.00. The maximum atomic E-state index is 5.83. The second-order valence-electron chi connectivity index (χ2n) is 3.08. The summed E-state index contributed by atoms with van der Waals surface area (Å²) < 4.78 is 6.36. The van der Waals surface area contributed by atoms with Gasteiger partial charge >= 0.3 is 0 Å². The molecule has 3 aromatic rings. The Morgan fingerprint density at radius 1 is 1.24 bits per heavy atom. The number of hydrogen-bond acceptors (Lipinski definition) is 6. The lowest BCUT2D eigenvalue weighted by atomic mass is 10.3. The van der Waals surface area contributed by atoms with E-state index in [1.54, 1.807) is 6.07 Å². The van der Waals surface area contributed by atoms with Crippen molar-refractivity contribution in [2.45, 2.75) is 0 Å².